The molecule has 2 aliphatic carbocycles. The summed E-state index contributed by atoms with van der Waals surface area (Å²) in [6.07, 6.45) is 11.4. The minimum absolute atomic E-state index is 0.120. The van der Waals surface area contributed by atoms with Gasteiger partial charge in [0.1, 0.15) is 0 Å². The third-order valence-electron chi connectivity index (χ3n) is 5.72. The molecule has 0 heterocycles. The van der Waals surface area contributed by atoms with Crippen LogP contribution in [0.4, 0.5) is 0 Å². The van der Waals surface area contributed by atoms with E-state index in [1.54, 1.807) is 0 Å². The van der Waals surface area contributed by atoms with Gasteiger partial charge in [0.25, 0.3) is 0 Å². The van der Waals surface area contributed by atoms with Crippen molar-refractivity contribution in [3.05, 3.63) is 12.7 Å². The van der Waals surface area contributed by atoms with E-state index >= 15 is 0 Å². The summed E-state index contributed by atoms with van der Waals surface area (Å²) >= 11 is 0. The molecular formula is C20H32O5. The summed E-state index contributed by atoms with van der Waals surface area (Å²) in [6.45, 7) is 4.41. The fraction of sp³-hybridized carbons (Fsp3) is 0.800. The maximum atomic E-state index is 11.8. The quantitative estimate of drug-likeness (QED) is 0.366. The normalized spacial score (nSPS) is 28.8. The van der Waals surface area contributed by atoms with E-state index in [1.165, 1.54) is 18.9 Å². The van der Waals surface area contributed by atoms with E-state index in [4.69, 9.17) is 9.47 Å². The Morgan fingerprint density at radius 1 is 1.00 bits per heavy atom. The molecule has 142 valence electrons. The smallest absolute Gasteiger partial charge is 0.330 e. The molecule has 0 amide bonds. The van der Waals surface area contributed by atoms with Crippen molar-refractivity contribution in [1.29, 1.82) is 0 Å². The first-order chi connectivity index (χ1) is 12.1. The Morgan fingerprint density at radius 3 is 2.44 bits per heavy atom. The first-order valence-corrected chi connectivity index (χ1v) is 9.77. The number of carbonyl (C=O) groups is 2. The molecule has 5 nitrogen and oxygen atoms in total. The molecule has 2 fully saturated rings. The molecule has 4 unspecified atom stereocenters. The van der Waals surface area contributed by atoms with E-state index in [0.29, 0.717) is 25.0 Å². The highest BCUT2D eigenvalue weighted by molar-refractivity contribution is 5.81. The number of aliphatic carboxylic acids is 1. The Hall–Kier alpha value is -1.36. The van der Waals surface area contributed by atoms with Crippen LogP contribution in [0, 0.1) is 17.8 Å². The molecule has 1 N–H and O–H groups in total. The number of carboxylic acids is 1. The van der Waals surface area contributed by atoms with Crippen LogP contribution < -0.4 is 0 Å². The van der Waals surface area contributed by atoms with Crippen molar-refractivity contribution in [3.8, 4) is 0 Å². The van der Waals surface area contributed by atoms with Gasteiger partial charge in [0, 0.05) is 12.7 Å². The topological polar surface area (TPSA) is 72.8 Å². The number of carboxylic acid groups (broad SMARTS) is 1. The first kappa shape index (κ1) is 20.0. The van der Waals surface area contributed by atoms with Crippen LogP contribution in [0.1, 0.15) is 64.2 Å². The number of ether oxygens (including phenoxy) is 2. The van der Waals surface area contributed by atoms with E-state index in [0.717, 1.165) is 51.4 Å². The Kier molecular flexibility index (Phi) is 8.45. The molecule has 2 saturated carbocycles. The van der Waals surface area contributed by atoms with Gasteiger partial charge in [-0.3, -0.25) is 4.79 Å². The summed E-state index contributed by atoms with van der Waals surface area (Å²) in [5.41, 5.74) is 0. The number of hydrogen-bond acceptors (Lipinski definition) is 4. The SMILES string of the molecule is C=CC(=O)OCCCCCCOC1CCC2CCCCC2C1C(=O)O. The monoisotopic (exact) mass is 352 g/mol. The van der Waals surface area contributed by atoms with Gasteiger partial charge < -0.3 is 14.6 Å². The lowest BCUT2D eigenvalue weighted by Crippen LogP contribution is -2.45. The first-order valence-electron chi connectivity index (χ1n) is 9.77. The summed E-state index contributed by atoms with van der Waals surface area (Å²) in [5, 5.41) is 9.68. The molecule has 4 atom stereocenters. The molecule has 0 spiro atoms. The fourth-order valence-corrected chi connectivity index (χ4v) is 4.45. The summed E-state index contributed by atoms with van der Waals surface area (Å²) in [4.78, 5) is 22.7. The van der Waals surface area contributed by atoms with Gasteiger partial charge in [0.15, 0.2) is 0 Å². The second-order valence-electron chi connectivity index (χ2n) is 7.34. The number of fused-ring (bicyclic) bond motifs is 1. The van der Waals surface area contributed by atoms with Crippen LogP contribution in [-0.4, -0.2) is 36.4 Å². The third kappa shape index (κ3) is 6.14. The highest BCUT2D eigenvalue weighted by atomic mass is 16.5. The van der Waals surface area contributed by atoms with Gasteiger partial charge in [-0.2, -0.15) is 0 Å². The van der Waals surface area contributed by atoms with Crippen LogP contribution in [0.2, 0.25) is 0 Å². The van der Waals surface area contributed by atoms with Gasteiger partial charge in [-0.15, -0.1) is 0 Å². The van der Waals surface area contributed by atoms with Crippen LogP contribution >= 0.6 is 0 Å². The molecule has 0 radical (unpaired) electrons. The van der Waals surface area contributed by atoms with E-state index in [-0.39, 0.29) is 18.0 Å². The summed E-state index contributed by atoms with van der Waals surface area (Å²) in [7, 11) is 0. The Labute approximate surface area is 150 Å². The average Bonchev–Trinajstić information content (AvgIpc) is 2.62. The van der Waals surface area contributed by atoms with Gasteiger partial charge in [-0.1, -0.05) is 32.3 Å². The average molecular weight is 352 g/mol. The van der Waals surface area contributed by atoms with Crippen molar-refractivity contribution < 1.29 is 24.2 Å². The number of carbonyl (C=O) groups excluding carboxylic acids is 1. The highest BCUT2D eigenvalue weighted by Gasteiger charge is 2.44. The van der Waals surface area contributed by atoms with Crippen LogP contribution in [0.3, 0.4) is 0 Å². The zero-order chi connectivity index (χ0) is 18.1. The Bertz CT molecular complexity index is 447. The summed E-state index contributed by atoms with van der Waals surface area (Å²) in [5.74, 6) is -0.470. The lowest BCUT2D eigenvalue weighted by atomic mass is 9.64. The van der Waals surface area contributed by atoms with Crippen LogP contribution in [0.15, 0.2) is 12.7 Å². The summed E-state index contributed by atoms with van der Waals surface area (Å²) in [6, 6.07) is 0. The molecule has 25 heavy (non-hydrogen) atoms. The molecule has 2 rings (SSSR count). The number of esters is 1. The minimum Gasteiger partial charge on any atom is -0.481 e. The zero-order valence-corrected chi connectivity index (χ0v) is 15.2. The van der Waals surface area contributed by atoms with E-state index in [9.17, 15) is 14.7 Å². The molecule has 2 aliphatic rings. The van der Waals surface area contributed by atoms with Gasteiger partial charge in [0.2, 0.25) is 0 Å². The zero-order valence-electron chi connectivity index (χ0n) is 15.2. The predicted octanol–water partition coefficient (Wildman–Crippen LogP) is 3.96. The maximum Gasteiger partial charge on any atom is 0.330 e. The van der Waals surface area contributed by atoms with Crippen molar-refractivity contribution >= 4 is 11.9 Å². The predicted molar refractivity (Wildman–Crippen MR) is 95.2 cm³/mol. The lowest BCUT2D eigenvalue weighted by Gasteiger charge is -2.43. The van der Waals surface area contributed by atoms with Crippen LogP contribution in [-0.2, 0) is 19.1 Å². The van der Waals surface area contributed by atoms with Crippen molar-refractivity contribution in [2.75, 3.05) is 13.2 Å². The Morgan fingerprint density at radius 2 is 1.72 bits per heavy atom. The molecular weight excluding hydrogens is 320 g/mol. The molecule has 0 aromatic heterocycles. The fourth-order valence-electron chi connectivity index (χ4n) is 4.45. The second-order valence-corrected chi connectivity index (χ2v) is 7.34. The van der Waals surface area contributed by atoms with Gasteiger partial charge >= 0.3 is 11.9 Å². The van der Waals surface area contributed by atoms with Crippen molar-refractivity contribution in [1.82, 2.24) is 0 Å². The van der Waals surface area contributed by atoms with E-state index < -0.39 is 5.97 Å². The second kappa shape index (κ2) is 10.6. The molecule has 0 aliphatic heterocycles. The largest absolute Gasteiger partial charge is 0.481 e. The molecule has 0 saturated heterocycles. The molecule has 0 aromatic rings. The maximum absolute atomic E-state index is 11.8. The molecule has 5 heteroatoms. The van der Waals surface area contributed by atoms with Crippen LogP contribution in [0.5, 0.6) is 0 Å². The number of rotatable bonds is 10. The van der Waals surface area contributed by atoms with E-state index in [2.05, 4.69) is 6.58 Å². The summed E-state index contributed by atoms with van der Waals surface area (Å²) < 4.78 is 10.9. The van der Waals surface area contributed by atoms with Gasteiger partial charge in [-0.25, -0.2) is 4.79 Å². The van der Waals surface area contributed by atoms with Gasteiger partial charge in [0.05, 0.1) is 18.6 Å². The number of hydrogen-bond donors (Lipinski definition) is 1. The van der Waals surface area contributed by atoms with Gasteiger partial charge in [-0.05, 0) is 50.4 Å². The Balaban J connectivity index is 1.63. The third-order valence-corrected chi connectivity index (χ3v) is 5.72. The lowest BCUT2D eigenvalue weighted by molar-refractivity contribution is -0.158. The molecule has 0 bridgehead atoms. The standard InChI is InChI=1S/C20H32O5/c1-2-18(21)25-14-8-4-3-7-13-24-17-12-11-15-9-5-6-10-16(15)19(17)20(22)23/h2,15-17,19H,1,3-14H2,(H,22,23). The van der Waals surface area contributed by atoms with Crippen molar-refractivity contribution in [2.45, 2.75) is 70.3 Å². The highest BCUT2D eigenvalue weighted by Crippen LogP contribution is 2.45. The van der Waals surface area contributed by atoms with Crippen molar-refractivity contribution in [2.24, 2.45) is 17.8 Å². The van der Waals surface area contributed by atoms with Crippen molar-refractivity contribution in [3.63, 3.8) is 0 Å². The minimum atomic E-state index is -0.675. The van der Waals surface area contributed by atoms with Crippen LogP contribution in [0.25, 0.3) is 0 Å². The van der Waals surface area contributed by atoms with E-state index in [1.807, 2.05) is 0 Å². The number of unbranched alkanes of at least 4 members (excludes halogenated alkanes) is 3. The molecule has 0 aromatic carbocycles.